The van der Waals surface area contributed by atoms with Crippen LogP contribution in [-0.2, 0) is 9.53 Å². The van der Waals surface area contributed by atoms with Crippen LogP contribution in [0, 0.1) is 17.3 Å². The molecule has 0 saturated heterocycles. The van der Waals surface area contributed by atoms with Gasteiger partial charge in [0.15, 0.2) is 0 Å². The first-order valence-corrected chi connectivity index (χ1v) is 5.96. The van der Waals surface area contributed by atoms with Crippen molar-refractivity contribution in [3.8, 4) is 0 Å². The van der Waals surface area contributed by atoms with Gasteiger partial charge >= 0.3 is 12.1 Å². The minimum atomic E-state index is -4.41. The lowest BCUT2D eigenvalue weighted by molar-refractivity contribution is -0.208. The zero-order valence-corrected chi connectivity index (χ0v) is 12.1. The van der Waals surface area contributed by atoms with E-state index in [4.69, 9.17) is 4.74 Å². The van der Waals surface area contributed by atoms with Gasteiger partial charge in [-0.05, 0) is 26.2 Å². The molecule has 0 aromatic rings. The number of hydrogen-bond acceptors (Lipinski definition) is 2. The molecular formula is C13H23F3O2. The van der Waals surface area contributed by atoms with Gasteiger partial charge in [0, 0.05) is 0 Å². The van der Waals surface area contributed by atoms with Gasteiger partial charge in [-0.2, -0.15) is 13.2 Å². The average molecular weight is 268 g/mol. The molecule has 0 heterocycles. The zero-order chi connectivity index (χ0) is 14.9. The quantitative estimate of drug-likeness (QED) is 0.702. The van der Waals surface area contributed by atoms with E-state index in [-0.39, 0.29) is 0 Å². The van der Waals surface area contributed by atoms with Crippen molar-refractivity contribution in [3.05, 3.63) is 0 Å². The van der Waals surface area contributed by atoms with Crippen LogP contribution in [0.4, 0.5) is 13.2 Å². The van der Waals surface area contributed by atoms with Gasteiger partial charge in [-0.25, -0.2) is 0 Å². The summed E-state index contributed by atoms with van der Waals surface area (Å²) in [7, 11) is 0. The Kier molecular flexibility index (Phi) is 4.89. The fraction of sp³-hybridized carbons (Fsp3) is 0.923. The summed E-state index contributed by atoms with van der Waals surface area (Å²) < 4.78 is 43.5. The van der Waals surface area contributed by atoms with Crippen LogP contribution in [0.1, 0.15) is 48.5 Å². The van der Waals surface area contributed by atoms with Crippen molar-refractivity contribution in [3.63, 3.8) is 0 Å². The molecule has 2 atom stereocenters. The largest absolute Gasteiger partial charge is 0.460 e. The van der Waals surface area contributed by atoms with Crippen LogP contribution >= 0.6 is 0 Å². The summed E-state index contributed by atoms with van der Waals surface area (Å²) in [5.74, 6) is -3.73. The highest BCUT2D eigenvalue weighted by Gasteiger charge is 2.50. The summed E-state index contributed by atoms with van der Waals surface area (Å²) in [5.41, 5.74) is -1.59. The minimum absolute atomic E-state index is 0.786. The standard InChI is InChI=1S/C13H23F3O2/c1-8(13(14,15)16)9(11(2,3)4)10(17)18-12(5,6)7/h8-9H,1-7H3. The Morgan fingerprint density at radius 2 is 1.39 bits per heavy atom. The second-order valence-electron chi connectivity index (χ2n) is 6.71. The summed E-state index contributed by atoms with van der Waals surface area (Å²) >= 11 is 0. The molecule has 2 unspecified atom stereocenters. The Morgan fingerprint density at radius 3 is 1.61 bits per heavy atom. The maximum absolute atomic E-state index is 12.8. The summed E-state index contributed by atoms with van der Waals surface area (Å²) in [5, 5.41) is 0. The predicted molar refractivity (Wildman–Crippen MR) is 64.0 cm³/mol. The summed E-state index contributed by atoms with van der Waals surface area (Å²) in [6.07, 6.45) is -4.41. The number of esters is 1. The third-order valence-electron chi connectivity index (χ3n) is 2.61. The highest BCUT2D eigenvalue weighted by Crippen LogP contribution is 2.41. The van der Waals surface area contributed by atoms with E-state index in [1.54, 1.807) is 41.5 Å². The molecule has 0 aromatic heterocycles. The fourth-order valence-corrected chi connectivity index (χ4v) is 1.86. The third kappa shape index (κ3) is 5.27. The molecule has 0 spiro atoms. The van der Waals surface area contributed by atoms with Crippen LogP contribution in [0.5, 0.6) is 0 Å². The molecule has 0 aliphatic carbocycles. The van der Waals surface area contributed by atoms with E-state index in [0.717, 1.165) is 6.92 Å². The lowest BCUT2D eigenvalue weighted by atomic mass is 9.73. The number of carbonyl (C=O) groups excluding carboxylic acids is 1. The van der Waals surface area contributed by atoms with Crippen molar-refractivity contribution in [2.24, 2.45) is 17.3 Å². The van der Waals surface area contributed by atoms with Crippen molar-refractivity contribution >= 4 is 5.97 Å². The predicted octanol–water partition coefficient (Wildman–Crippen LogP) is 4.19. The molecule has 0 radical (unpaired) electrons. The van der Waals surface area contributed by atoms with Crippen molar-refractivity contribution in [2.45, 2.75) is 60.2 Å². The maximum atomic E-state index is 12.8. The van der Waals surface area contributed by atoms with Gasteiger partial charge in [0.2, 0.25) is 0 Å². The normalized spacial score (nSPS) is 17.2. The van der Waals surface area contributed by atoms with Gasteiger partial charge in [-0.15, -0.1) is 0 Å². The highest BCUT2D eigenvalue weighted by molar-refractivity contribution is 5.74. The number of ether oxygens (including phenoxy) is 1. The molecular weight excluding hydrogens is 245 g/mol. The van der Waals surface area contributed by atoms with Gasteiger partial charge in [0.05, 0.1) is 11.8 Å². The van der Waals surface area contributed by atoms with E-state index in [1.165, 1.54) is 0 Å². The van der Waals surface area contributed by atoms with E-state index in [9.17, 15) is 18.0 Å². The lowest BCUT2D eigenvalue weighted by Gasteiger charge is -2.36. The molecule has 0 N–H and O–H groups in total. The number of alkyl halides is 3. The first-order valence-electron chi connectivity index (χ1n) is 5.96. The second kappa shape index (κ2) is 5.10. The lowest BCUT2D eigenvalue weighted by Crippen LogP contribution is -2.43. The Balaban J connectivity index is 5.22. The smallest absolute Gasteiger partial charge is 0.392 e. The Bertz CT molecular complexity index is 295. The molecule has 0 aromatic carbocycles. The molecule has 0 saturated carbocycles. The molecule has 5 heteroatoms. The van der Waals surface area contributed by atoms with Crippen LogP contribution < -0.4 is 0 Å². The summed E-state index contributed by atoms with van der Waals surface area (Å²) in [6, 6.07) is 0. The average Bonchev–Trinajstić information content (AvgIpc) is 1.94. The van der Waals surface area contributed by atoms with E-state index in [1.807, 2.05) is 0 Å². The highest BCUT2D eigenvalue weighted by atomic mass is 19.4. The zero-order valence-electron chi connectivity index (χ0n) is 12.1. The van der Waals surface area contributed by atoms with Crippen LogP contribution in [-0.4, -0.2) is 17.7 Å². The molecule has 18 heavy (non-hydrogen) atoms. The Labute approximate surface area is 107 Å². The number of rotatable bonds is 2. The molecule has 0 amide bonds. The van der Waals surface area contributed by atoms with E-state index in [0.29, 0.717) is 0 Å². The van der Waals surface area contributed by atoms with Gasteiger partial charge in [-0.1, -0.05) is 27.7 Å². The van der Waals surface area contributed by atoms with Crippen LogP contribution in [0.15, 0.2) is 0 Å². The molecule has 0 rings (SSSR count). The fourth-order valence-electron chi connectivity index (χ4n) is 1.86. The van der Waals surface area contributed by atoms with Gasteiger partial charge in [-0.3, -0.25) is 4.79 Å². The first-order chi connectivity index (χ1) is 7.66. The molecule has 0 fully saturated rings. The molecule has 0 bridgehead atoms. The van der Waals surface area contributed by atoms with E-state index < -0.39 is 35.0 Å². The maximum Gasteiger partial charge on any atom is 0.392 e. The third-order valence-corrected chi connectivity index (χ3v) is 2.61. The monoisotopic (exact) mass is 268 g/mol. The van der Waals surface area contributed by atoms with Crippen LogP contribution in [0.3, 0.4) is 0 Å². The van der Waals surface area contributed by atoms with Gasteiger partial charge in [0.1, 0.15) is 5.60 Å². The molecule has 2 nitrogen and oxygen atoms in total. The Hall–Kier alpha value is -0.740. The molecule has 108 valence electrons. The van der Waals surface area contributed by atoms with Crippen LogP contribution in [0.25, 0.3) is 0 Å². The number of hydrogen-bond donors (Lipinski definition) is 0. The van der Waals surface area contributed by atoms with Crippen molar-refractivity contribution in [1.82, 2.24) is 0 Å². The van der Waals surface area contributed by atoms with Gasteiger partial charge < -0.3 is 4.74 Å². The van der Waals surface area contributed by atoms with Crippen LogP contribution in [0.2, 0.25) is 0 Å². The van der Waals surface area contributed by atoms with Crippen molar-refractivity contribution < 1.29 is 22.7 Å². The molecule has 0 aliphatic rings. The summed E-state index contributed by atoms with van der Waals surface area (Å²) in [4.78, 5) is 12.0. The second-order valence-corrected chi connectivity index (χ2v) is 6.71. The Morgan fingerprint density at radius 1 is 1.00 bits per heavy atom. The van der Waals surface area contributed by atoms with Crippen molar-refractivity contribution in [2.75, 3.05) is 0 Å². The van der Waals surface area contributed by atoms with Crippen molar-refractivity contribution in [1.29, 1.82) is 0 Å². The topological polar surface area (TPSA) is 26.3 Å². The first kappa shape index (κ1) is 17.3. The van der Waals surface area contributed by atoms with E-state index in [2.05, 4.69) is 0 Å². The summed E-state index contributed by atoms with van der Waals surface area (Å²) in [6.45, 7) is 10.8. The van der Waals surface area contributed by atoms with Gasteiger partial charge in [0.25, 0.3) is 0 Å². The number of halogens is 3. The number of carbonyl (C=O) groups is 1. The SMILES string of the molecule is CC(C(C(=O)OC(C)(C)C)C(C)(C)C)C(F)(F)F. The minimum Gasteiger partial charge on any atom is -0.460 e. The molecule has 0 aliphatic heterocycles. The van der Waals surface area contributed by atoms with E-state index >= 15 is 0 Å².